The molecule has 2 fully saturated rings. The molecule has 20 nitrogen and oxygen atoms in total. The van der Waals surface area contributed by atoms with Crippen molar-refractivity contribution in [3.8, 4) is 0 Å². The molecule has 0 aliphatic carbocycles. The number of halogens is 2. The highest BCUT2D eigenvalue weighted by molar-refractivity contribution is 6.30. The zero-order valence-electron chi connectivity index (χ0n) is 37.6. The van der Waals surface area contributed by atoms with Crippen LogP contribution in [0.2, 0.25) is 5.02 Å². The van der Waals surface area contributed by atoms with Gasteiger partial charge in [0, 0.05) is 59.9 Å². The van der Waals surface area contributed by atoms with Crippen LogP contribution in [0.3, 0.4) is 0 Å². The summed E-state index contributed by atoms with van der Waals surface area (Å²) in [5, 5.41) is 22.6. The van der Waals surface area contributed by atoms with Gasteiger partial charge in [-0.1, -0.05) is 17.7 Å². The summed E-state index contributed by atoms with van der Waals surface area (Å²) in [5.41, 5.74) is 0.265. The van der Waals surface area contributed by atoms with E-state index in [4.69, 9.17) is 35.3 Å². The van der Waals surface area contributed by atoms with E-state index < -0.39 is 52.9 Å². The number of ether oxygens (including phenoxy) is 5. The number of carbonyl (C=O) groups is 7. The van der Waals surface area contributed by atoms with E-state index in [1.54, 1.807) is 36.4 Å². The second-order valence-electron chi connectivity index (χ2n) is 16.3. The van der Waals surface area contributed by atoms with Crippen molar-refractivity contribution in [1.82, 2.24) is 25.8 Å². The van der Waals surface area contributed by atoms with E-state index in [-0.39, 0.29) is 67.6 Å². The van der Waals surface area contributed by atoms with Crippen LogP contribution < -0.4 is 26.2 Å². The van der Waals surface area contributed by atoms with Crippen LogP contribution in [0.5, 0.6) is 0 Å². The SMILES string of the molecule is O=C1CCC(N2C(=O)c3cccc(NCCOCCOCCOCCOCCOCCNC(=O)c4cc5cc(N6CCCC(O)(C(=O)NCc7cc(F)cc(Cl)c7)C6=O)ccc5[nH]4)c3C2=O)C(=O)N1. The molecule has 69 heavy (non-hydrogen) atoms. The number of fused-ring (bicyclic) bond motifs is 2. The molecule has 0 saturated carbocycles. The number of piperidine rings is 2. The van der Waals surface area contributed by atoms with Gasteiger partial charge >= 0.3 is 0 Å². The lowest BCUT2D eigenvalue weighted by atomic mass is 9.90. The van der Waals surface area contributed by atoms with Gasteiger partial charge in [0.1, 0.15) is 17.6 Å². The first kappa shape index (κ1) is 50.5. The maximum atomic E-state index is 13.7. The predicted octanol–water partition coefficient (Wildman–Crippen LogP) is 2.46. The summed E-state index contributed by atoms with van der Waals surface area (Å²) in [6.07, 6.45) is 0.389. The van der Waals surface area contributed by atoms with E-state index in [9.17, 15) is 43.1 Å². The third-order valence-corrected chi connectivity index (χ3v) is 11.7. The zero-order chi connectivity index (χ0) is 48.9. The normalized spacial score (nSPS) is 18.2. The number of aliphatic hydroxyl groups is 1. The first-order valence-electron chi connectivity index (χ1n) is 22.5. The Bertz CT molecular complexity index is 2540. The first-order chi connectivity index (χ1) is 33.3. The molecule has 368 valence electrons. The quantitative estimate of drug-likeness (QED) is 0.0317. The Morgan fingerprint density at radius 1 is 0.812 bits per heavy atom. The molecule has 0 spiro atoms. The number of hydrogen-bond donors (Lipinski definition) is 6. The van der Waals surface area contributed by atoms with Crippen molar-refractivity contribution in [2.45, 2.75) is 43.9 Å². The Balaban J connectivity index is 0.691. The Hall–Kier alpha value is -6.33. The fourth-order valence-corrected chi connectivity index (χ4v) is 8.31. The number of H-pyrrole nitrogens is 1. The molecule has 3 aromatic carbocycles. The molecule has 2 atom stereocenters. The van der Waals surface area contributed by atoms with Gasteiger partial charge in [0.2, 0.25) is 17.4 Å². The van der Waals surface area contributed by atoms with Crippen molar-refractivity contribution in [3.05, 3.63) is 93.9 Å². The summed E-state index contributed by atoms with van der Waals surface area (Å²) in [6, 6.07) is 14.3. The first-order valence-corrected chi connectivity index (χ1v) is 22.9. The summed E-state index contributed by atoms with van der Waals surface area (Å²) in [5.74, 6) is -4.87. The molecule has 4 heterocycles. The maximum absolute atomic E-state index is 13.7. The number of nitrogens with one attached hydrogen (secondary N) is 5. The Morgan fingerprint density at radius 2 is 1.49 bits per heavy atom. The van der Waals surface area contributed by atoms with Crippen LogP contribution in [-0.4, -0.2) is 154 Å². The van der Waals surface area contributed by atoms with E-state index in [0.717, 1.165) is 11.0 Å². The highest BCUT2D eigenvalue weighted by Crippen LogP contribution is 2.33. The molecule has 1 aromatic heterocycles. The van der Waals surface area contributed by atoms with Gasteiger partial charge in [0.25, 0.3) is 29.5 Å². The highest BCUT2D eigenvalue weighted by atomic mass is 35.5. The number of carbonyl (C=O) groups excluding carboxylic acids is 7. The standard InChI is InChI=1S/C47H53ClFN7O13/c48-31-23-29(24-32(49)27-31)28-52-45(62)47(64)9-2-12-55(46(47)63)33-5-6-35-30(25-33)26-37(53-35)41(58)51-11-14-66-16-18-68-20-22-69-21-19-67-17-15-65-13-10-50-36-4-1-3-34-40(36)44(61)56(43(34)60)38-7-8-39(57)54-42(38)59/h1,3-6,23-27,38,50,53,64H,2,7-22,28H2,(H,51,58)(H,52,62)(H,54,57,59). The number of anilines is 2. The van der Waals surface area contributed by atoms with Gasteiger partial charge in [-0.15, -0.1) is 0 Å². The highest BCUT2D eigenvalue weighted by Gasteiger charge is 2.49. The summed E-state index contributed by atoms with van der Waals surface area (Å²) >= 11 is 5.90. The number of aromatic amines is 1. The maximum Gasteiger partial charge on any atom is 0.268 e. The van der Waals surface area contributed by atoms with Gasteiger partial charge in [-0.3, -0.25) is 43.8 Å². The Labute approximate surface area is 400 Å². The van der Waals surface area contributed by atoms with Crippen LogP contribution in [0, 0.1) is 5.82 Å². The number of hydrogen-bond acceptors (Lipinski definition) is 14. The number of rotatable bonds is 25. The van der Waals surface area contributed by atoms with Gasteiger partial charge in [-0.2, -0.15) is 0 Å². The number of benzene rings is 3. The molecule has 22 heteroatoms. The second kappa shape index (κ2) is 23.8. The smallest absolute Gasteiger partial charge is 0.268 e. The minimum Gasteiger partial charge on any atom is -0.382 e. The second-order valence-corrected chi connectivity index (χ2v) is 16.7. The van der Waals surface area contributed by atoms with Gasteiger partial charge in [-0.05, 0) is 79.4 Å². The number of nitrogens with zero attached hydrogens (tertiary/aromatic N) is 2. The third-order valence-electron chi connectivity index (χ3n) is 11.5. The van der Waals surface area contributed by atoms with Crippen molar-refractivity contribution in [1.29, 1.82) is 0 Å². The molecule has 2 saturated heterocycles. The van der Waals surface area contributed by atoms with E-state index in [1.165, 1.54) is 23.1 Å². The van der Waals surface area contributed by atoms with E-state index in [1.807, 2.05) is 0 Å². The lowest BCUT2D eigenvalue weighted by molar-refractivity contribution is -0.154. The Kier molecular flexibility index (Phi) is 17.4. The minimum atomic E-state index is -2.32. The number of amides is 7. The molecule has 4 aromatic rings. The van der Waals surface area contributed by atoms with Gasteiger partial charge in [0.15, 0.2) is 0 Å². The zero-order valence-corrected chi connectivity index (χ0v) is 38.3. The number of imide groups is 2. The minimum absolute atomic E-state index is 0.0451. The molecular weight excluding hydrogens is 925 g/mol. The van der Waals surface area contributed by atoms with E-state index >= 15 is 0 Å². The molecule has 6 N–H and O–H groups in total. The largest absolute Gasteiger partial charge is 0.382 e. The molecule has 0 radical (unpaired) electrons. The summed E-state index contributed by atoms with van der Waals surface area (Å²) in [4.78, 5) is 94.9. The van der Waals surface area contributed by atoms with Crippen LogP contribution in [-0.2, 0) is 49.4 Å². The third kappa shape index (κ3) is 12.7. The van der Waals surface area contributed by atoms with E-state index in [0.29, 0.717) is 106 Å². The van der Waals surface area contributed by atoms with Crippen LogP contribution in [0.4, 0.5) is 15.8 Å². The van der Waals surface area contributed by atoms with Crippen molar-refractivity contribution in [3.63, 3.8) is 0 Å². The van der Waals surface area contributed by atoms with Crippen LogP contribution >= 0.6 is 11.6 Å². The van der Waals surface area contributed by atoms with Crippen molar-refractivity contribution >= 4 is 75.2 Å². The molecule has 7 amide bonds. The lowest BCUT2D eigenvalue weighted by Crippen LogP contribution is -2.61. The average Bonchev–Trinajstić information content (AvgIpc) is 3.87. The monoisotopic (exact) mass is 977 g/mol. The number of aromatic nitrogens is 1. The van der Waals surface area contributed by atoms with Gasteiger partial charge in [0.05, 0.1) is 77.2 Å². The van der Waals surface area contributed by atoms with Crippen LogP contribution in [0.1, 0.15) is 62.5 Å². The summed E-state index contributed by atoms with van der Waals surface area (Å²) in [6.45, 7) is 4.03. The summed E-state index contributed by atoms with van der Waals surface area (Å²) in [7, 11) is 0. The molecular formula is C47H53ClFN7O13. The van der Waals surface area contributed by atoms with Crippen molar-refractivity contribution in [2.24, 2.45) is 0 Å². The van der Waals surface area contributed by atoms with Crippen LogP contribution in [0.15, 0.2) is 60.7 Å². The molecule has 3 aliphatic heterocycles. The topological polar surface area (TPSA) is 256 Å². The van der Waals surface area contributed by atoms with Crippen molar-refractivity contribution in [2.75, 3.05) is 95.9 Å². The summed E-state index contributed by atoms with van der Waals surface area (Å²) < 4.78 is 41.5. The van der Waals surface area contributed by atoms with Crippen molar-refractivity contribution < 1.29 is 66.7 Å². The van der Waals surface area contributed by atoms with Crippen LogP contribution in [0.25, 0.3) is 10.9 Å². The fourth-order valence-electron chi connectivity index (χ4n) is 8.07. The molecule has 2 unspecified atom stereocenters. The molecule has 3 aliphatic rings. The van der Waals surface area contributed by atoms with E-state index in [2.05, 4.69) is 26.3 Å². The Morgan fingerprint density at radius 3 is 2.17 bits per heavy atom. The fraction of sp³-hybridized carbons (Fsp3) is 0.426. The molecule has 0 bridgehead atoms. The predicted molar refractivity (Wildman–Crippen MR) is 246 cm³/mol. The average molecular weight is 978 g/mol. The lowest BCUT2D eigenvalue weighted by Gasteiger charge is -2.37. The van der Waals surface area contributed by atoms with Gasteiger partial charge in [-0.25, -0.2) is 4.39 Å². The van der Waals surface area contributed by atoms with Gasteiger partial charge < -0.3 is 54.6 Å². The molecule has 7 rings (SSSR count).